The molecule has 0 saturated heterocycles. The van der Waals surface area contributed by atoms with Crippen LogP contribution in [0.3, 0.4) is 0 Å². The van der Waals surface area contributed by atoms with Gasteiger partial charge in [-0.1, -0.05) is 29.8 Å². The number of nitrogens with zero attached hydrogens (tertiary/aromatic N) is 1. The quantitative estimate of drug-likeness (QED) is 0.878. The van der Waals surface area contributed by atoms with Crippen LogP contribution >= 0.6 is 11.6 Å². The minimum atomic E-state index is -0.775. The lowest BCUT2D eigenvalue weighted by atomic mass is 10.1. The van der Waals surface area contributed by atoms with Crippen molar-refractivity contribution in [2.75, 3.05) is 12.0 Å². The lowest BCUT2D eigenvalue weighted by molar-refractivity contribution is -0.121. The highest BCUT2D eigenvalue weighted by Crippen LogP contribution is 2.33. The van der Waals surface area contributed by atoms with Gasteiger partial charge in [-0.25, -0.2) is 4.90 Å². The molecule has 0 aromatic heterocycles. The van der Waals surface area contributed by atoms with Crippen molar-refractivity contribution in [2.45, 2.75) is 0 Å². The van der Waals surface area contributed by atoms with E-state index in [2.05, 4.69) is 0 Å². The molecule has 0 aliphatic carbocycles. The Morgan fingerprint density at radius 3 is 2.35 bits per heavy atom. The number of rotatable bonds is 3. The molecule has 0 saturated carbocycles. The van der Waals surface area contributed by atoms with E-state index in [9.17, 15) is 14.7 Å². The van der Waals surface area contributed by atoms with Gasteiger partial charge in [0.1, 0.15) is 5.75 Å². The second kappa shape index (κ2) is 5.78. The zero-order valence-electron chi connectivity index (χ0n) is 12.1. The summed E-state index contributed by atoms with van der Waals surface area (Å²) >= 11 is 5.90. The van der Waals surface area contributed by atoms with Crippen molar-refractivity contribution in [1.29, 1.82) is 0 Å². The topological polar surface area (TPSA) is 66.8 Å². The summed E-state index contributed by atoms with van der Waals surface area (Å²) in [4.78, 5) is 25.8. The maximum atomic E-state index is 12.6. The van der Waals surface area contributed by atoms with Crippen molar-refractivity contribution in [1.82, 2.24) is 0 Å². The van der Waals surface area contributed by atoms with Crippen LogP contribution in [0.5, 0.6) is 5.75 Å². The third-order valence-corrected chi connectivity index (χ3v) is 3.74. The molecule has 6 heteroatoms. The molecule has 0 atom stereocenters. The van der Waals surface area contributed by atoms with Crippen molar-refractivity contribution in [2.24, 2.45) is 0 Å². The van der Waals surface area contributed by atoms with Crippen LogP contribution in [0.2, 0.25) is 5.02 Å². The number of anilines is 1. The average Bonchev–Trinajstić information content (AvgIpc) is 2.77. The summed E-state index contributed by atoms with van der Waals surface area (Å²) in [5.74, 6) is -1.35. The number of carbonyl (C=O) groups is 2. The van der Waals surface area contributed by atoms with Crippen LogP contribution in [0.1, 0.15) is 5.56 Å². The molecule has 0 spiro atoms. The first-order valence-corrected chi connectivity index (χ1v) is 7.12. The average molecular weight is 330 g/mol. The number of hydrogen-bond donors (Lipinski definition) is 1. The predicted molar refractivity (Wildman–Crippen MR) is 86.5 cm³/mol. The summed E-state index contributed by atoms with van der Waals surface area (Å²) in [6.07, 6.45) is 0. The maximum absolute atomic E-state index is 12.6. The Labute approximate surface area is 137 Å². The minimum absolute atomic E-state index is 0.0439. The summed E-state index contributed by atoms with van der Waals surface area (Å²) in [5, 5.41) is 10.5. The maximum Gasteiger partial charge on any atom is 0.301 e. The number of imide groups is 1. The summed E-state index contributed by atoms with van der Waals surface area (Å²) in [5.41, 5.74) is 0.700. The van der Waals surface area contributed by atoms with Gasteiger partial charge >= 0.3 is 5.91 Å². The van der Waals surface area contributed by atoms with E-state index in [-0.39, 0.29) is 5.57 Å². The normalized spacial score (nSPS) is 14.6. The molecule has 23 heavy (non-hydrogen) atoms. The first kappa shape index (κ1) is 15.1. The van der Waals surface area contributed by atoms with Crippen molar-refractivity contribution >= 4 is 34.7 Å². The molecule has 2 aromatic carbocycles. The highest BCUT2D eigenvalue weighted by Gasteiger charge is 2.40. The Morgan fingerprint density at radius 1 is 1.04 bits per heavy atom. The largest absolute Gasteiger partial charge is 0.502 e. The van der Waals surface area contributed by atoms with Gasteiger partial charge in [-0.3, -0.25) is 9.59 Å². The first-order chi connectivity index (χ1) is 11.0. The molecule has 3 rings (SSSR count). The summed E-state index contributed by atoms with van der Waals surface area (Å²) in [6, 6.07) is 12.8. The molecular weight excluding hydrogens is 318 g/mol. The van der Waals surface area contributed by atoms with E-state index in [4.69, 9.17) is 16.3 Å². The Balaban J connectivity index is 2.02. The van der Waals surface area contributed by atoms with Crippen molar-refractivity contribution in [3.8, 4) is 5.75 Å². The molecule has 1 heterocycles. The molecule has 1 aliphatic heterocycles. The molecule has 0 bridgehead atoms. The van der Waals surface area contributed by atoms with Crippen LogP contribution in [0, 0.1) is 0 Å². The second-order valence-electron chi connectivity index (χ2n) is 4.88. The molecule has 116 valence electrons. The van der Waals surface area contributed by atoms with Gasteiger partial charge in [-0.05, 0) is 35.9 Å². The van der Waals surface area contributed by atoms with E-state index < -0.39 is 17.6 Å². The number of aliphatic hydroxyl groups excluding tert-OH is 1. The number of hydrogen-bond acceptors (Lipinski definition) is 4. The van der Waals surface area contributed by atoms with Gasteiger partial charge in [0.05, 0.1) is 18.4 Å². The zero-order chi connectivity index (χ0) is 16.6. The second-order valence-corrected chi connectivity index (χ2v) is 5.31. The SMILES string of the molecule is COc1ccc(C2=C(O)C(=O)N(c3cccc(Cl)c3)C2=O)cc1. The van der Waals surface area contributed by atoms with Crippen LogP contribution in [0.25, 0.3) is 5.57 Å². The minimum Gasteiger partial charge on any atom is -0.502 e. The molecule has 2 aromatic rings. The van der Waals surface area contributed by atoms with E-state index in [0.717, 1.165) is 4.90 Å². The molecule has 1 N–H and O–H groups in total. The van der Waals surface area contributed by atoms with E-state index in [0.29, 0.717) is 22.0 Å². The van der Waals surface area contributed by atoms with Crippen molar-refractivity contribution in [3.05, 3.63) is 64.9 Å². The highest BCUT2D eigenvalue weighted by atomic mass is 35.5. The number of aliphatic hydroxyl groups is 1. The number of halogens is 1. The number of benzene rings is 2. The van der Waals surface area contributed by atoms with Gasteiger partial charge in [0.25, 0.3) is 5.91 Å². The number of methoxy groups -OCH3 is 1. The fraction of sp³-hybridized carbons (Fsp3) is 0.0588. The summed E-state index contributed by atoms with van der Waals surface area (Å²) in [7, 11) is 1.52. The fourth-order valence-electron chi connectivity index (χ4n) is 2.39. The van der Waals surface area contributed by atoms with Crippen LogP contribution in [0.4, 0.5) is 5.69 Å². The van der Waals surface area contributed by atoms with Crippen LogP contribution in [-0.2, 0) is 9.59 Å². The molecule has 0 radical (unpaired) electrons. The van der Waals surface area contributed by atoms with E-state index >= 15 is 0 Å². The number of carbonyl (C=O) groups excluding carboxylic acids is 2. The van der Waals surface area contributed by atoms with Gasteiger partial charge in [0, 0.05) is 5.02 Å². The number of amides is 2. The number of ether oxygens (including phenoxy) is 1. The van der Waals surface area contributed by atoms with E-state index in [1.165, 1.54) is 13.2 Å². The first-order valence-electron chi connectivity index (χ1n) is 6.75. The van der Waals surface area contributed by atoms with Gasteiger partial charge in [0.2, 0.25) is 0 Å². The lowest BCUT2D eigenvalue weighted by Gasteiger charge is -2.14. The Kier molecular flexibility index (Phi) is 3.80. The van der Waals surface area contributed by atoms with E-state index in [1.54, 1.807) is 42.5 Å². The lowest BCUT2D eigenvalue weighted by Crippen LogP contribution is -2.31. The van der Waals surface area contributed by atoms with Gasteiger partial charge < -0.3 is 9.84 Å². The molecule has 1 aliphatic rings. The predicted octanol–water partition coefficient (Wildman–Crippen LogP) is 3.19. The van der Waals surface area contributed by atoms with Gasteiger partial charge in [0.15, 0.2) is 5.76 Å². The summed E-state index contributed by atoms with van der Waals surface area (Å²) in [6.45, 7) is 0. The molecule has 0 unspecified atom stereocenters. The third-order valence-electron chi connectivity index (χ3n) is 3.50. The fourth-order valence-corrected chi connectivity index (χ4v) is 2.57. The standard InChI is InChI=1S/C17H12ClNO4/c1-23-13-7-5-10(6-8-13)14-15(20)17(22)19(16(14)21)12-4-2-3-11(18)9-12/h2-9,20H,1H3. The Bertz CT molecular complexity index is 827. The van der Waals surface area contributed by atoms with Crippen LogP contribution in [0.15, 0.2) is 54.3 Å². The Hall–Kier alpha value is -2.79. The van der Waals surface area contributed by atoms with E-state index in [1.807, 2.05) is 0 Å². The third kappa shape index (κ3) is 2.55. The smallest absolute Gasteiger partial charge is 0.301 e. The zero-order valence-corrected chi connectivity index (χ0v) is 12.9. The van der Waals surface area contributed by atoms with Crippen molar-refractivity contribution < 1.29 is 19.4 Å². The monoisotopic (exact) mass is 329 g/mol. The molecule has 0 fully saturated rings. The highest BCUT2D eigenvalue weighted by molar-refractivity contribution is 6.45. The molecule has 5 nitrogen and oxygen atoms in total. The Morgan fingerprint density at radius 2 is 1.74 bits per heavy atom. The van der Waals surface area contributed by atoms with Gasteiger partial charge in [-0.15, -0.1) is 0 Å². The van der Waals surface area contributed by atoms with Crippen LogP contribution < -0.4 is 9.64 Å². The van der Waals surface area contributed by atoms with Crippen LogP contribution in [-0.4, -0.2) is 24.0 Å². The molecular formula is C17H12ClNO4. The van der Waals surface area contributed by atoms with Gasteiger partial charge in [-0.2, -0.15) is 0 Å². The van der Waals surface area contributed by atoms with Crippen molar-refractivity contribution in [3.63, 3.8) is 0 Å². The summed E-state index contributed by atoms with van der Waals surface area (Å²) < 4.78 is 5.05. The molecule has 2 amide bonds.